The second-order valence-corrected chi connectivity index (χ2v) is 11.9. The van der Waals surface area contributed by atoms with Crippen LogP contribution in [0.2, 0.25) is 0 Å². The molecule has 46 heavy (non-hydrogen) atoms. The van der Waals surface area contributed by atoms with Gasteiger partial charge in [0.2, 0.25) is 0 Å². The lowest BCUT2D eigenvalue weighted by atomic mass is 9.94. The minimum absolute atomic E-state index is 0.232. The zero-order valence-corrected chi connectivity index (χ0v) is 25.7. The summed E-state index contributed by atoms with van der Waals surface area (Å²) < 4.78 is 0. The highest BCUT2D eigenvalue weighted by Gasteiger charge is 2.24. The number of benzene rings is 5. The van der Waals surface area contributed by atoms with E-state index in [0.29, 0.717) is 0 Å². The Bertz CT molecular complexity index is 2120. The highest BCUT2D eigenvalue weighted by molar-refractivity contribution is 5.99. The van der Waals surface area contributed by atoms with Gasteiger partial charge in [-0.1, -0.05) is 115 Å². The van der Waals surface area contributed by atoms with Crippen LogP contribution in [0.1, 0.15) is 24.8 Å². The van der Waals surface area contributed by atoms with Gasteiger partial charge in [0.05, 0.1) is 11.7 Å². The minimum Gasteiger partial charge on any atom is -0.337 e. The quantitative estimate of drug-likeness (QED) is 0.182. The maximum absolute atomic E-state index is 3.30. The first-order chi connectivity index (χ1) is 22.8. The molecule has 0 aliphatic heterocycles. The van der Waals surface area contributed by atoms with Crippen LogP contribution >= 0.6 is 0 Å². The Morgan fingerprint density at radius 1 is 0.674 bits per heavy atom. The third-order valence-electron chi connectivity index (χ3n) is 9.07. The van der Waals surface area contributed by atoms with Gasteiger partial charge in [-0.2, -0.15) is 0 Å². The van der Waals surface area contributed by atoms with Crippen molar-refractivity contribution >= 4 is 49.9 Å². The molecular formula is C44H34N2. The Labute approximate surface area is 271 Å². The van der Waals surface area contributed by atoms with E-state index >= 15 is 0 Å². The zero-order chi connectivity index (χ0) is 30.7. The molecular weight excluding hydrogens is 556 g/mol. The fourth-order valence-corrected chi connectivity index (χ4v) is 6.85. The van der Waals surface area contributed by atoms with Crippen LogP contribution in [0.4, 0.5) is 22.7 Å². The number of fused-ring (bicyclic) bond motifs is 2. The molecule has 6 aromatic rings. The van der Waals surface area contributed by atoms with Crippen molar-refractivity contribution in [1.82, 2.24) is 0 Å². The van der Waals surface area contributed by atoms with Gasteiger partial charge in [-0.3, -0.25) is 0 Å². The highest BCUT2D eigenvalue weighted by Crippen LogP contribution is 2.40. The number of hydrogen-bond acceptors (Lipinski definition) is 2. The predicted molar refractivity (Wildman–Crippen MR) is 195 cm³/mol. The third kappa shape index (κ3) is 5.27. The molecule has 0 saturated carbocycles. The lowest BCUT2D eigenvalue weighted by Crippen LogP contribution is -2.34. The maximum atomic E-state index is 3.30. The van der Waals surface area contributed by atoms with Gasteiger partial charge >= 0.3 is 0 Å². The molecule has 2 nitrogen and oxygen atoms in total. The smallest absolute Gasteiger partial charge is 0.0557 e. The van der Waals surface area contributed by atoms with Gasteiger partial charge in [0.25, 0.3) is 0 Å². The number of anilines is 4. The van der Waals surface area contributed by atoms with Crippen LogP contribution in [-0.4, -0.2) is 6.04 Å². The van der Waals surface area contributed by atoms with Gasteiger partial charge in [-0.15, -0.1) is 0 Å². The van der Waals surface area contributed by atoms with E-state index in [1.165, 1.54) is 44.4 Å². The lowest BCUT2D eigenvalue weighted by molar-refractivity contribution is 0.724. The number of hydrogen-bond donors (Lipinski definition) is 0. The predicted octanol–water partition coefficient (Wildman–Crippen LogP) is 11.5. The number of nitrogens with zero attached hydrogens (tertiary/aromatic N) is 2. The van der Waals surface area contributed by atoms with E-state index in [2.05, 4.69) is 180 Å². The summed E-state index contributed by atoms with van der Waals surface area (Å²) in [7, 11) is 0. The van der Waals surface area contributed by atoms with Crippen molar-refractivity contribution in [3.05, 3.63) is 187 Å². The van der Waals surface area contributed by atoms with Crippen LogP contribution in [0.25, 0.3) is 27.1 Å². The lowest BCUT2D eigenvalue weighted by Gasteiger charge is -2.36. The van der Waals surface area contributed by atoms with E-state index in [9.17, 15) is 0 Å². The first kappa shape index (κ1) is 27.7. The van der Waals surface area contributed by atoms with Crippen molar-refractivity contribution in [2.45, 2.75) is 25.3 Å². The Morgan fingerprint density at radius 2 is 1.46 bits per heavy atom. The molecule has 6 aromatic carbocycles. The van der Waals surface area contributed by atoms with Crippen molar-refractivity contribution in [1.29, 1.82) is 0 Å². The van der Waals surface area contributed by atoms with Gasteiger partial charge in [-0.25, -0.2) is 0 Å². The Hall–Kier alpha value is -5.78. The first-order valence-corrected chi connectivity index (χ1v) is 16.1. The van der Waals surface area contributed by atoms with Crippen molar-refractivity contribution < 1.29 is 0 Å². The number of allylic oxidation sites excluding steroid dienone is 6. The molecule has 2 aliphatic rings. The monoisotopic (exact) mass is 590 g/mol. The summed E-state index contributed by atoms with van der Waals surface area (Å²) >= 11 is 0. The SMILES string of the molecule is c1ccc2c(N(C3=CC=CCC3)C3C=CC(c4ccc(N(c5ccccc5)c5cccc6ccccc56)cc4)=CC3)cccc2c#1. The molecule has 0 radical (unpaired) electrons. The Morgan fingerprint density at radius 3 is 2.28 bits per heavy atom. The summed E-state index contributed by atoms with van der Waals surface area (Å²) in [5.41, 5.74) is 8.53. The number of para-hydroxylation sites is 1. The normalized spacial score (nSPS) is 15.7. The van der Waals surface area contributed by atoms with Gasteiger partial charge in [-0.05, 0) is 96.5 Å². The van der Waals surface area contributed by atoms with E-state index in [4.69, 9.17) is 0 Å². The standard InChI is InChI=1S/C44H34N2/c1-3-17-37(18-4-1)45(43-23-11-15-35-13-7-9-21-41(35)43)39-29-25-33(26-30-39)34-27-31-40(32-28-34)46(38-19-5-2-6-20-38)44-24-12-16-36-14-8-10-22-42(36)44/h1-5,7,9-13,15-19,21-31,40H,6,20,32H2. The topological polar surface area (TPSA) is 6.48 Å². The zero-order valence-electron chi connectivity index (χ0n) is 25.7. The molecule has 8 rings (SSSR count). The molecule has 0 amide bonds. The molecule has 1 atom stereocenters. The molecule has 0 heterocycles. The summed E-state index contributed by atoms with van der Waals surface area (Å²) in [6.07, 6.45) is 16.8. The fraction of sp³-hybridized carbons (Fsp3) is 0.0909. The molecule has 220 valence electrons. The average molecular weight is 591 g/mol. The van der Waals surface area contributed by atoms with Crippen molar-refractivity contribution in [3.63, 3.8) is 0 Å². The molecule has 2 heteroatoms. The van der Waals surface area contributed by atoms with Crippen LogP contribution < -0.4 is 9.80 Å². The second-order valence-electron chi connectivity index (χ2n) is 11.9. The number of rotatable bonds is 7. The van der Waals surface area contributed by atoms with Crippen molar-refractivity contribution in [2.75, 3.05) is 9.80 Å². The summed E-state index contributed by atoms with van der Waals surface area (Å²) in [6.45, 7) is 0. The van der Waals surface area contributed by atoms with Crippen molar-refractivity contribution in [2.24, 2.45) is 0 Å². The summed E-state index contributed by atoms with van der Waals surface area (Å²) in [5, 5.41) is 4.78. The van der Waals surface area contributed by atoms with Gasteiger partial charge in [0.1, 0.15) is 0 Å². The Kier molecular flexibility index (Phi) is 7.43. The van der Waals surface area contributed by atoms with Crippen LogP contribution in [0.5, 0.6) is 0 Å². The molecule has 0 spiro atoms. The first-order valence-electron chi connectivity index (χ1n) is 16.1. The van der Waals surface area contributed by atoms with Gasteiger partial charge in [0.15, 0.2) is 0 Å². The molecule has 0 N–H and O–H groups in total. The van der Waals surface area contributed by atoms with Crippen LogP contribution in [0.15, 0.2) is 170 Å². The second kappa shape index (κ2) is 12.3. The van der Waals surface area contributed by atoms with Gasteiger partial charge in [0, 0.05) is 38.9 Å². The minimum atomic E-state index is 0.232. The summed E-state index contributed by atoms with van der Waals surface area (Å²) in [6, 6.07) is 52.1. The average Bonchev–Trinajstić information content (AvgIpc) is 3.14. The molecule has 0 saturated heterocycles. The van der Waals surface area contributed by atoms with E-state index in [0.717, 1.165) is 36.0 Å². The summed E-state index contributed by atoms with van der Waals surface area (Å²) in [4.78, 5) is 4.89. The molecule has 0 bridgehead atoms. The third-order valence-corrected chi connectivity index (χ3v) is 9.07. The van der Waals surface area contributed by atoms with Crippen molar-refractivity contribution in [3.8, 4) is 0 Å². The Balaban J connectivity index is 1.11. The fourth-order valence-electron chi connectivity index (χ4n) is 6.85. The molecule has 2 aliphatic carbocycles. The highest BCUT2D eigenvalue weighted by atomic mass is 15.2. The van der Waals surface area contributed by atoms with E-state index in [1.54, 1.807) is 0 Å². The van der Waals surface area contributed by atoms with E-state index in [-0.39, 0.29) is 6.04 Å². The molecule has 1 unspecified atom stereocenters. The van der Waals surface area contributed by atoms with Crippen LogP contribution in [-0.2, 0) is 0 Å². The summed E-state index contributed by atoms with van der Waals surface area (Å²) in [5.74, 6) is 0. The largest absolute Gasteiger partial charge is 0.337 e. The van der Waals surface area contributed by atoms with E-state index < -0.39 is 0 Å². The van der Waals surface area contributed by atoms with Crippen LogP contribution in [0.3, 0.4) is 0 Å². The van der Waals surface area contributed by atoms with Gasteiger partial charge < -0.3 is 9.80 Å². The van der Waals surface area contributed by atoms with E-state index in [1.807, 2.05) is 6.07 Å². The molecule has 0 fully saturated rings. The molecule has 0 aromatic heterocycles. The maximum Gasteiger partial charge on any atom is 0.0557 e. The van der Waals surface area contributed by atoms with Crippen LogP contribution in [0, 0.1) is 12.1 Å².